The van der Waals surface area contributed by atoms with Gasteiger partial charge in [-0.15, -0.1) is 0 Å². The molecule has 15 heavy (non-hydrogen) atoms. The highest BCUT2D eigenvalue weighted by Gasteiger charge is 2.22. The first kappa shape index (κ1) is 11.8. The predicted octanol–water partition coefficient (Wildman–Crippen LogP) is 3.44. The lowest BCUT2D eigenvalue weighted by molar-refractivity contribution is 0.280. The van der Waals surface area contributed by atoms with Gasteiger partial charge in [0, 0.05) is 17.8 Å². The summed E-state index contributed by atoms with van der Waals surface area (Å²) in [6.45, 7) is 3.69. The molecule has 88 valence electrons. The minimum atomic E-state index is 0.821. The maximum Gasteiger partial charge on any atom is 0.0172 e. The molecular weight excluding hydrogens is 202 g/mol. The average molecular weight is 227 g/mol. The molecule has 3 unspecified atom stereocenters. The molecule has 0 aromatic rings. The Labute approximate surface area is 98.8 Å². The van der Waals surface area contributed by atoms with E-state index in [4.69, 9.17) is 0 Å². The molecule has 2 rings (SSSR count). The van der Waals surface area contributed by atoms with Gasteiger partial charge in [0.25, 0.3) is 0 Å². The van der Waals surface area contributed by atoms with Gasteiger partial charge in [-0.05, 0) is 37.4 Å². The van der Waals surface area contributed by atoms with Gasteiger partial charge < -0.3 is 5.32 Å². The van der Waals surface area contributed by atoms with Crippen LogP contribution in [0.1, 0.15) is 51.9 Å². The van der Waals surface area contributed by atoms with E-state index in [2.05, 4.69) is 24.0 Å². The molecule has 3 atom stereocenters. The molecule has 1 N–H and O–H groups in total. The number of thioether (sulfide) groups is 1. The molecule has 1 aliphatic carbocycles. The molecule has 0 amide bonds. The summed E-state index contributed by atoms with van der Waals surface area (Å²) in [7, 11) is 0. The maximum atomic E-state index is 3.82. The van der Waals surface area contributed by atoms with Crippen LogP contribution in [0.15, 0.2) is 0 Å². The van der Waals surface area contributed by atoms with Gasteiger partial charge in [-0.1, -0.05) is 26.2 Å². The number of rotatable bonds is 3. The van der Waals surface area contributed by atoms with E-state index in [9.17, 15) is 0 Å². The lowest BCUT2D eigenvalue weighted by Gasteiger charge is -2.32. The Hall–Kier alpha value is 0.310. The van der Waals surface area contributed by atoms with E-state index in [1.165, 1.54) is 57.2 Å². The Morgan fingerprint density at radius 1 is 1.07 bits per heavy atom. The molecule has 0 aromatic carbocycles. The van der Waals surface area contributed by atoms with Crippen LogP contribution in [0.25, 0.3) is 0 Å². The highest BCUT2D eigenvalue weighted by atomic mass is 32.2. The zero-order valence-electron chi connectivity index (χ0n) is 10.0. The Bertz CT molecular complexity index is 177. The van der Waals surface area contributed by atoms with Gasteiger partial charge in [0.2, 0.25) is 0 Å². The second-order valence-electron chi connectivity index (χ2n) is 5.27. The van der Waals surface area contributed by atoms with Crippen molar-refractivity contribution in [1.29, 1.82) is 0 Å². The van der Waals surface area contributed by atoms with Crippen molar-refractivity contribution in [3.8, 4) is 0 Å². The van der Waals surface area contributed by atoms with Gasteiger partial charge in [0.1, 0.15) is 0 Å². The average Bonchev–Trinajstić information content (AvgIpc) is 2.29. The molecule has 1 aliphatic heterocycles. The smallest absolute Gasteiger partial charge is 0.0172 e. The van der Waals surface area contributed by atoms with Crippen LogP contribution < -0.4 is 5.32 Å². The van der Waals surface area contributed by atoms with Crippen LogP contribution in [0.5, 0.6) is 0 Å². The van der Waals surface area contributed by atoms with Gasteiger partial charge in [0.15, 0.2) is 0 Å². The van der Waals surface area contributed by atoms with Crippen molar-refractivity contribution >= 4 is 11.8 Å². The first-order chi connectivity index (χ1) is 7.36. The Morgan fingerprint density at radius 3 is 2.60 bits per heavy atom. The van der Waals surface area contributed by atoms with E-state index in [1.54, 1.807) is 0 Å². The minimum absolute atomic E-state index is 0.821. The van der Waals surface area contributed by atoms with E-state index in [0.29, 0.717) is 0 Å². The molecule has 0 spiro atoms. The van der Waals surface area contributed by atoms with Crippen molar-refractivity contribution in [2.45, 2.75) is 63.2 Å². The topological polar surface area (TPSA) is 12.0 Å². The quantitative estimate of drug-likeness (QED) is 0.792. The molecular formula is C13H25NS. The lowest BCUT2D eigenvalue weighted by atomic mass is 9.86. The monoisotopic (exact) mass is 227 g/mol. The molecule has 1 heterocycles. The molecule has 0 bridgehead atoms. The second kappa shape index (κ2) is 6.15. The largest absolute Gasteiger partial charge is 0.313 e. The minimum Gasteiger partial charge on any atom is -0.313 e. The summed E-state index contributed by atoms with van der Waals surface area (Å²) in [5.74, 6) is 2.30. The summed E-state index contributed by atoms with van der Waals surface area (Å²) in [4.78, 5) is 0. The first-order valence-corrected chi connectivity index (χ1v) is 7.76. The molecule has 0 aromatic heterocycles. The molecule has 1 saturated heterocycles. The Morgan fingerprint density at radius 2 is 1.87 bits per heavy atom. The fourth-order valence-electron chi connectivity index (χ4n) is 2.87. The fraction of sp³-hybridized carbons (Fsp3) is 1.00. The highest BCUT2D eigenvalue weighted by Crippen LogP contribution is 2.27. The molecule has 0 radical (unpaired) electrons. The molecule has 2 fully saturated rings. The zero-order chi connectivity index (χ0) is 10.5. The standard InChI is InChI=1S/C13H25NS/c1-11-6-2-3-8-13(11)14-10-12-7-4-5-9-15-12/h11-14H,2-10H2,1H3. The number of nitrogens with one attached hydrogen (secondary N) is 1. The van der Waals surface area contributed by atoms with Crippen molar-refractivity contribution in [3.63, 3.8) is 0 Å². The fourth-order valence-corrected chi connectivity index (χ4v) is 4.12. The third kappa shape index (κ3) is 3.67. The Kier molecular flexibility index (Phi) is 4.83. The third-order valence-electron chi connectivity index (χ3n) is 3.99. The first-order valence-electron chi connectivity index (χ1n) is 6.71. The molecule has 1 saturated carbocycles. The number of hydrogen-bond donors (Lipinski definition) is 1. The SMILES string of the molecule is CC1CCCCC1NCC1CCCCS1. The summed E-state index contributed by atoms with van der Waals surface area (Å²) in [5, 5.41) is 4.73. The van der Waals surface area contributed by atoms with Crippen molar-refractivity contribution in [2.75, 3.05) is 12.3 Å². The van der Waals surface area contributed by atoms with E-state index >= 15 is 0 Å². The van der Waals surface area contributed by atoms with Crippen molar-refractivity contribution in [3.05, 3.63) is 0 Å². The summed E-state index contributed by atoms with van der Waals surface area (Å²) < 4.78 is 0. The third-order valence-corrected chi connectivity index (χ3v) is 5.39. The summed E-state index contributed by atoms with van der Waals surface area (Å²) in [6.07, 6.45) is 10.1. The van der Waals surface area contributed by atoms with Crippen LogP contribution in [0.2, 0.25) is 0 Å². The Balaban J connectivity index is 1.67. The van der Waals surface area contributed by atoms with Crippen molar-refractivity contribution in [2.24, 2.45) is 5.92 Å². The van der Waals surface area contributed by atoms with Gasteiger partial charge >= 0.3 is 0 Å². The van der Waals surface area contributed by atoms with Crippen LogP contribution in [-0.4, -0.2) is 23.6 Å². The van der Waals surface area contributed by atoms with E-state index in [0.717, 1.165) is 17.2 Å². The van der Waals surface area contributed by atoms with E-state index in [1.807, 2.05) is 0 Å². The molecule has 1 nitrogen and oxygen atoms in total. The van der Waals surface area contributed by atoms with Gasteiger partial charge in [0.05, 0.1) is 0 Å². The van der Waals surface area contributed by atoms with Gasteiger partial charge in [-0.25, -0.2) is 0 Å². The van der Waals surface area contributed by atoms with Gasteiger partial charge in [-0.2, -0.15) is 11.8 Å². The van der Waals surface area contributed by atoms with Crippen LogP contribution in [0.4, 0.5) is 0 Å². The highest BCUT2D eigenvalue weighted by molar-refractivity contribution is 7.99. The van der Waals surface area contributed by atoms with Crippen molar-refractivity contribution < 1.29 is 0 Å². The molecule has 2 aliphatic rings. The van der Waals surface area contributed by atoms with Crippen LogP contribution in [0.3, 0.4) is 0 Å². The lowest BCUT2D eigenvalue weighted by Crippen LogP contribution is -2.41. The second-order valence-corrected chi connectivity index (χ2v) is 6.67. The van der Waals surface area contributed by atoms with Crippen LogP contribution in [0, 0.1) is 5.92 Å². The summed E-state index contributed by atoms with van der Waals surface area (Å²) >= 11 is 2.19. The summed E-state index contributed by atoms with van der Waals surface area (Å²) in [6, 6.07) is 0.821. The van der Waals surface area contributed by atoms with E-state index in [-0.39, 0.29) is 0 Å². The predicted molar refractivity (Wildman–Crippen MR) is 69.5 cm³/mol. The summed E-state index contributed by atoms with van der Waals surface area (Å²) in [5.41, 5.74) is 0. The van der Waals surface area contributed by atoms with Crippen molar-refractivity contribution in [1.82, 2.24) is 5.32 Å². The normalized spacial score (nSPS) is 37.8. The zero-order valence-corrected chi connectivity index (χ0v) is 10.8. The van der Waals surface area contributed by atoms with Crippen LogP contribution in [-0.2, 0) is 0 Å². The molecule has 2 heteroatoms. The maximum absolute atomic E-state index is 3.82. The van der Waals surface area contributed by atoms with E-state index < -0.39 is 0 Å². The number of hydrogen-bond acceptors (Lipinski definition) is 2. The van der Waals surface area contributed by atoms with Crippen LogP contribution >= 0.6 is 11.8 Å². The van der Waals surface area contributed by atoms with Gasteiger partial charge in [-0.3, -0.25) is 0 Å².